The lowest BCUT2D eigenvalue weighted by Crippen LogP contribution is -2.59. The third kappa shape index (κ3) is 11.5. The smallest absolute Gasteiger partial charge is 0.407 e. The van der Waals surface area contributed by atoms with E-state index in [0.29, 0.717) is 24.1 Å². The van der Waals surface area contributed by atoms with Crippen LogP contribution in [0, 0.1) is 5.92 Å². The van der Waals surface area contributed by atoms with E-state index in [1.165, 1.54) is 11.8 Å². The zero-order valence-electron chi connectivity index (χ0n) is 32.1. The number of primary amides is 2. The lowest BCUT2D eigenvalue weighted by Gasteiger charge is -2.35. The van der Waals surface area contributed by atoms with Crippen LogP contribution in [0.25, 0.3) is 11.1 Å². The van der Waals surface area contributed by atoms with E-state index in [0.717, 1.165) is 22.3 Å². The number of carbonyl (C=O) groups is 6. The molecule has 56 heavy (non-hydrogen) atoms. The zero-order chi connectivity index (χ0) is 40.8. The van der Waals surface area contributed by atoms with Crippen LogP contribution < -0.4 is 37.6 Å². The number of nitrogens with one attached hydrogen (secondary N) is 4. The number of carbonyl (C=O) groups excluding carboxylic acids is 6. The molecule has 0 saturated carbocycles. The maximum atomic E-state index is 14.4. The Morgan fingerprint density at radius 1 is 0.786 bits per heavy atom. The van der Waals surface area contributed by atoms with E-state index in [2.05, 4.69) is 33.4 Å². The predicted molar refractivity (Wildman–Crippen MR) is 211 cm³/mol. The van der Waals surface area contributed by atoms with Crippen molar-refractivity contribution in [3.05, 3.63) is 89.5 Å². The first-order valence-corrected chi connectivity index (χ1v) is 18.8. The van der Waals surface area contributed by atoms with Crippen molar-refractivity contribution in [3.8, 4) is 11.1 Å². The van der Waals surface area contributed by atoms with Crippen molar-refractivity contribution >= 4 is 41.4 Å². The normalized spacial score (nSPS) is 13.4. The highest BCUT2D eigenvalue weighted by Crippen LogP contribution is 2.44. The molecule has 0 spiro atoms. The van der Waals surface area contributed by atoms with Gasteiger partial charge in [-0.1, -0.05) is 74.5 Å². The van der Waals surface area contributed by atoms with Crippen LogP contribution in [0.15, 0.2) is 72.8 Å². The molecule has 0 unspecified atom stereocenters. The number of hydrogen-bond donors (Lipinski definition) is 7. The molecule has 300 valence electrons. The second kappa shape index (κ2) is 20.6. The van der Waals surface area contributed by atoms with Gasteiger partial charge in [0.05, 0.1) is 6.61 Å². The van der Waals surface area contributed by atoms with Crippen molar-refractivity contribution in [2.45, 2.75) is 83.5 Å². The standard InChI is InChI=1S/C41H53N7O8/c1-25(2)36(39(53)48(28-19-17-27(23-49)18-20-28)35(37(42)51)16-10-22-44-40(43)54)47-38(52)34(46-26(3)50)15-8-9-21-45-41(55)56-24-33-31-13-6-4-11-29(31)30-12-5-7-14-32(30)33/h4-7,11-14,17-20,25,33-36,49H,8-10,15-16,21-24H2,1-3H3,(H2,42,51)(H,45,55)(H,46,50)(H,47,52)(H3,43,44,54)/t34-,35-,36-/m0/s1. The Balaban J connectivity index is 1.36. The summed E-state index contributed by atoms with van der Waals surface area (Å²) in [4.78, 5) is 78.1. The quantitative estimate of drug-likeness (QED) is 0.0841. The number of rotatable bonds is 20. The van der Waals surface area contributed by atoms with Crippen LogP contribution >= 0.6 is 0 Å². The zero-order valence-corrected chi connectivity index (χ0v) is 32.1. The Kier molecular flexibility index (Phi) is 15.8. The fourth-order valence-electron chi connectivity index (χ4n) is 6.87. The summed E-state index contributed by atoms with van der Waals surface area (Å²) in [6.45, 7) is 5.08. The number of fused-ring (bicyclic) bond motifs is 3. The summed E-state index contributed by atoms with van der Waals surface area (Å²) in [5.41, 5.74) is 16.3. The Morgan fingerprint density at radius 3 is 1.95 bits per heavy atom. The van der Waals surface area contributed by atoms with E-state index in [1.54, 1.807) is 38.1 Å². The lowest BCUT2D eigenvalue weighted by molar-refractivity contribution is -0.132. The van der Waals surface area contributed by atoms with Crippen LogP contribution in [-0.4, -0.2) is 78.7 Å². The molecule has 15 heteroatoms. The number of amides is 7. The highest BCUT2D eigenvalue weighted by molar-refractivity contribution is 6.04. The van der Waals surface area contributed by atoms with Crippen molar-refractivity contribution in [3.63, 3.8) is 0 Å². The topological polar surface area (TPSA) is 235 Å². The number of benzene rings is 3. The number of nitrogens with two attached hydrogens (primary N) is 2. The Hall–Kier alpha value is -5.96. The lowest BCUT2D eigenvalue weighted by atomic mass is 9.98. The molecule has 0 fully saturated rings. The molecule has 1 aliphatic carbocycles. The van der Waals surface area contributed by atoms with Gasteiger partial charge in [0.1, 0.15) is 24.7 Å². The van der Waals surface area contributed by atoms with Gasteiger partial charge in [-0.25, -0.2) is 9.59 Å². The molecular formula is C41H53N7O8. The first-order chi connectivity index (χ1) is 26.8. The molecule has 1 aliphatic rings. The van der Waals surface area contributed by atoms with Crippen LogP contribution in [-0.2, 0) is 30.5 Å². The Labute approximate surface area is 326 Å². The minimum Gasteiger partial charge on any atom is -0.449 e. The highest BCUT2D eigenvalue weighted by Gasteiger charge is 2.37. The maximum absolute atomic E-state index is 14.4. The van der Waals surface area contributed by atoms with Crippen LogP contribution in [0.2, 0.25) is 0 Å². The molecule has 0 aliphatic heterocycles. The molecule has 3 atom stereocenters. The van der Waals surface area contributed by atoms with E-state index in [4.69, 9.17) is 16.2 Å². The summed E-state index contributed by atoms with van der Waals surface area (Å²) < 4.78 is 5.61. The molecule has 0 heterocycles. The maximum Gasteiger partial charge on any atom is 0.407 e. The highest BCUT2D eigenvalue weighted by atomic mass is 16.5. The second-order valence-electron chi connectivity index (χ2n) is 14.1. The van der Waals surface area contributed by atoms with E-state index in [9.17, 15) is 33.9 Å². The molecule has 4 rings (SSSR count). The average molecular weight is 772 g/mol. The summed E-state index contributed by atoms with van der Waals surface area (Å²) in [5.74, 6) is -3.01. The van der Waals surface area contributed by atoms with Crippen LogP contribution in [0.1, 0.15) is 75.5 Å². The number of alkyl carbamates (subject to hydrolysis) is 1. The monoisotopic (exact) mass is 771 g/mol. The van der Waals surface area contributed by atoms with E-state index in [-0.39, 0.29) is 51.5 Å². The van der Waals surface area contributed by atoms with Crippen LogP contribution in [0.5, 0.6) is 0 Å². The van der Waals surface area contributed by atoms with Gasteiger partial charge in [0, 0.05) is 31.6 Å². The average Bonchev–Trinajstić information content (AvgIpc) is 3.49. The minimum atomic E-state index is -1.16. The fourth-order valence-corrected chi connectivity index (χ4v) is 6.87. The minimum absolute atomic E-state index is 0.0699. The van der Waals surface area contributed by atoms with Crippen LogP contribution in [0.3, 0.4) is 0 Å². The second-order valence-corrected chi connectivity index (χ2v) is 14.1. The molecule has 9 N–H and O–H groups in total. The fraction of sp³-hybridized carbons (Fsp3) is 0.415. The molecule has 0 saturated heterocycles. The van der Waals surface area contributed by atoms with Gasteiger partial charge in [-0.15, -0.1) is 0 Å². The first-order valence-electron chi connectivity index (χ1n) is 18.8. The van der Waals surface area contributed by atoms with Gasteiger partial charge in [0.15, 0.2) is 0 Å². The van der Waals surface area contributed by atoms with E-state index in [1.807, 2.05) is 36.4 Å². The van der Waals surface area contributed by atoms with Crippen molar-refractivity contribution < 1.29 is 38.6 Å². The number of aliphatic hydroxyl groups is 1. The van der Waals surface area contributed by atoms with Crippen molar-refractivity contribution in [2.75, 3.05) is 24.6 Å². The van der Waals surface area contributed by atoms with Crippen molar-refractivity contribution in [2.24, 2.45) is 17.4 Å². The number of nitrogens with zero attached hydrogens (tertiary/aromatic N) is 1. The van der Waals surface area contributed by atoms with E-state index < -0.39 is 59.8 Å². The van der Waals surface area contributed by atoms with Gasteiger partial charge in [0.25, 0.3) is 5.91 Å². The molecule has 0 radical (unpaired) electrons. The summed E-state index contributed by atoms with van der Waals surface area (Å²) in [6.07, 6.45) is 0.891. The number of aliphatic hydroxyl groups excluding tert-OH is 1. The summed E-state index contributed by atoms with van der Waals surface area (Å²) in [5, 5.41) is 20.2. The number of ether oxygens (including phenoxy) is 1. The van der Waals surface area contributed by atoms with Gasteiger partial charge >= 0.3 is 12.1 Å². The van der Waals surface area contributed by atoms with Crippen molar-refractivity contribution in [1.29, 1.82) is 0 Å². The number of unbranched alkanes of at least 4 members (excludes halogenated alkanes) is 1. The molecule has 15 nitrogen and oxygen atoms in total. The van der Waals surface area contributed by atoms with Gasteiger partial charge in [-0.3, -0.25) is 24.1 Å². The van der Waals surface area contributed by atoms with Gasteiger partial charge in [0.2, 0.25) is 17.7 Å². The third-order valence-corrected chi connectivity index (χ3v) is 9.69. The van der Waals surface area contributed by atoms with Crippen LogP contribution in [0.4, 0.5) is 15.3 Å². The summed E-state index contributed by atoms with van der Waals surface area (Å²) in [6, 6.07) is 18.4. The Bertz CT molecular complexity index is 1810. The SMILES string of the molecule is CC(=O)N[C@@H](CCCCNC(=O)OCC1c2ccccc2-c2ccccc21)C(=O)N[C@H](C(=O)N(c1ccc(CO)cc1)[C@@H](CCCNC(N)=O)C(N)=O)C(C)C. The molecule has 3 aromatic rings. The van der Waals surface area contributed by atoms with Gasteiger partial charge in [-0.2, -0.15) is 0 Å². The van der Waals surface area contributed by atoms with Crippen molar-refractivity contribution in [1.82, 2.24) is 21.3 Å². The summed E-state index contributed by atoms with van der Waals surface area (Å²) >= 11 is 0. The number of anilines is 1. The first kappa shape index (κ1) is 42.8. The Morgan fingerprint density at radius 2 is 1.39 bits per heavy atom. The molecule has 7 amide bonds. The van der Waals surface area contributed by atoms with Gasteiger partial charge < -0.3 is 42.6 Å². The largest absolute Gasteiger partial charge is 0.449 e. The predicted octanol–water partition coefficient (Wildman–Crippen LogP) is 3.17. The number of hydrogen-bond acceptors (Lipinski definition) is 8. The molecular weight excluding hydrogens is 718 g/mol. The molecule has 3 aromatic carbocycles. The molecule has 0 bridgehead atoms. The number of urea groups is 1. The summed E-state index contributed by atoms with van der Waals surface area (Å²) in [7, 11) is 0. The molecule has 0 aromatic heterocycles. The third-order valence-electron chi connectivity index (χ3n) is 9.69. The van der Waals surface area contributed by atoms with Gasteiger partial charge in [-0.05, 0) is 78.0 Å². The van der Waals surface area contributed by atoms with E-state index >= 15 is 0 Å².